The SMILES string of the molecule is Cc1cccc(N2CCN(C(=O)NCc3cccc(F)c3)CC2)c1C. The van der Waals surface area contributed by atoms with Gasteiger partial charge in [0.15, 0.2) is 0 Å². The highest BCUT2D eigenvalue weighted by Crippen LogP contribution is 2.23. The van der Waals surface area contributed by atoms with Gasteiger partial charge in [-0.2, -0.15) is 0 Å². The van der Waals surface area contributed by atoms with Crippen LogP contribution in [0.3, 0.4) is 0 Å². The highest BCUT2D eigenvalue weighted by atomic mass is 19.1. The second kappa shape index (κ2) is 7.55. The molecule has 3 rings (SSSR count). The summed E-state index contributed by atoms with van der Waals surface area (Å²) in [7, 11) is 0. The number of nitrogens with one attached hydrogen (secondary N) is 1. The number of hydrogen-bond acceptors (Lipinski definition) is 2. The molecule has 25 heavy (non-hydrogen) atoms. The lowest BCUT2D eigenvalue weighted by atomic mass is 10.1. The van der Waals surface area contributed by atoms with Crippen molar-refractivity contribution in [3.8, 4) is 0 Å². The van der Waals surface area contributed by atoms with E-state index >= 15 is 0 Å². The van der Waals surface area contributed by atoms with E-state index in [-0.39, 0.29) is 11.8 Å². The zero-order valence-electron chi connectivity index (χ0n) is 14.8. The molecule has 0 radical (unpaired) electrons. The Balaban J connectivity index is 1.53. The van der Waals surface area contributed by atoms with Gasteiger partial charge in [-0.1, -0.05) is 24.3 Å². The van der Waals surface area contributed by atoms with Crippen LogP contribution in [0.2, 0.25) is 0 Å². The summed E-state index contributed by atoms with van der Waals surface area (Å²) in [6, 6.07) is 12.6. The van der Waals surface area contributed by atoms with E-state index in [1.165, 1.54) is 28.9 Å². The van der Waals surface area contributed by atoms with Crippen LogP contribution in [-0.2, 0) is 6.54 Å². The number of benzene rings is 2. The van der Waals surface area contributed by atoms with Crippen molar-refractivity contribution in [1.29, 1.82) is 0 Å². The van der Waals surface area contributed by atoms with Crippen LogP contribution in [0.5, 0.6) is 0 Å². The van der Waals surface area contributed by atoms with Crippen molar-refractivity contribution >= 4 is 11.7 Å². The molecule has 2 amide bonds. The fraction of sp³-hybridized carbons (Fsp3) is 0.350. The van der Waals surface area contributed by atoms with Crippen LogP contribution in [0.1, 0.15) is 16.7 Å². The number of piperazine rings is 1. The monoisotopic (exact) mass is 341 g/mol. The van der Waals surface area contributed by atoms with E-state index in [0.717, 1.165) is 18.7 Å². The van der Waals surface area contributed by atoms with Crippen molar-refractivity contribution in [2.75, 3.05) is 31.1 Å². The number of carbonyl (C=O) groups is 1. The molecular formula is C20H24FN3O. The van der Waals surface area contributed by atoms with E-state index in [9.17, 15) is 9.18 Å². The zero-order valence-corrected chi connectivity index (χ0v) is 14.8. The number of aryl methyl sites for hydroxylation is 1. The highest BCUT2D eigenvalue weighted by Gasteiger charge is 2.22. The maximum atomic E-state index is 13.2. The molecule has 5 heteroatoms. The molecule has 1 aliphatic rings. The number of urea groups is 1. The fourth-order valence-electron chi connectivity index (χ4n) is 3.17. The van der Waals surface area contributed by atoms with Gasteiger partial charge < -0.3 is 15.1 Å². The number of carbonyl (C=O) groups excluding carboxylic acids is 1. The molecule has 2 aromatic carbocycles. The van der Waals surface area contributed by atoms with Gasteiger partial charge in [0.05, 0.1) is 0 Å². The van der Waals surface area contributed by atoms with Crippen LogP contribution in [0, 0.1) is 19.7 Å². The summed E-state index contributed by atoms with van der Waals surface area (Å²) in [4.78, 5) is 16.5. The Hall–Kier alpha value is -2.56. The average Bonchev–Trinajstić information content (AvgIpc) is 2.62. The van der Waals surface area contributed by atoms with E-state index in [1.54, 1.807) is 6.07 Å². The Morgan fingerprint density at radius 3 is 2.52 bits per heavy atom. The van der Waals surface area contributed by atoms with Gasteiger partial charge in [0.1, 0.15) is 5.82 Å². The van der Waals surface area contributed by atoms with Crippen molar-refractivity contribution in [3.05, 3.63) is 65.0 Å². The highest BCUT2D eigenvalue weighted by molar-refractivity contribution is 5.74. The lowest BCUT2D eigenvalue weighted by Crippen LogP contribution is -2.51. The molecule has 1 heterocycles. The van der Waals surface area contributed by atoms with Crippen molar-refractivity contribution in [2.45, 2.75) is 20.4 Å². The number of halogens is 1. The summed E-state index contributed by atoms with van der Waals surface area (Å²) in [5.74, 6) is -0.283. The van der Waals surface area contributed by atoms with E-state index < -0.39 is 0 Å². The third-order valence-electron chi connectivity index (χ3n) is 4.82. The zero-order chi connectivity index (χ0) is 17.8. The molecule has 1 saturated heterocycles. The molecule has 2 aromatic rings. The van der Waals surface area contributed by atoms with E-state index in [2.05, 4.69) is 42.3 Å². The van der Waals surface area contributed by atoms with E-state index in [1.807, 2.05) is 11.0 Å². The smallest absolute Gasteiger partial charge is 0.317 e. The maximum absolute atomic E-state index is 13.2. The normalized spacial score (nSPS) is 14.5. The minimum atomic E-state index is -0.283. The van der Waals surface area contributed by atoms with Crippen LogP contribution < -0.4 is 10.2 Å². The summed E-state index contributed by atoms with van der Waals surface area (Å²) >= 11 is 0. The average molecular weight is 341 g/mol. The summed E-state index contributed by atoms with van der Waals surface area (Å²) in [6.45, 7) is 7.60. The molecule has 4 nitrogen and oxygen atoms in total. The molecular weight excluding hydrogens is 317 g/mol. The Labute approximate surface area is 148 Å². The summed E-state index contributed by atoms with van der Waals surface area (Å²) < 4.78 is 13.2. The molecule has 0 aromatic heterocycles. The molecule has 1 fully saturated rings. The third-order valence-corrected chi connectivity index (χ3v) is 4.82. The molecule has 0 unspecified atom stereocenters. The first-order valence-corrected chi connectivity index (χ1v) is 8.63. The first-order valence-electron chi connectivity index (χ1n) is 8.63. The van der Waals surface area contributed by atoms with Gasteiger partial charge in [0.2, 0.25) is 0 Å². The van der Waals surface area contributed by atoms with Gasteiger partial charge in [-0.05, 0) is 48.7 Å². The van der Waals surface area contributed by atoms with Crippen molar-refractivity contribution in [3.63, 3.8) is 0 Å². The molecule has 132 valence electrons. The minimum absolute atomic E-state index is 0.0927. The Morgan fingerprint density at radius 1 is 1.08 bits per heavy atom. The summed E-state index contributed by atoms with van der Waals surface area (Å²) in [6.07, 6.45) is 0. The Morgan fingerprint density at radius 2 is 1.80 bits per heavy atom. The van der Waals surface area contributed by atoms with Gasteiger partial charge in [0.25, 0.3) is 0 Å². The third kappa shape index (κ3) is 4.10. The van der Waals surface area contributed by atoms with Gasteiger partial charge in [-0.25, -0.2) is 9.18 Å². The van der Waals surface area contributed by atoms with Crippen LogP contribution in [0.15, 0.2) is 42.5 Å². The van der Waals surface area contributed by atoms with Gasteiger partial charge >= 0.3 is 6.03 Å². The van der Waals surface area contributed by atoms with Crippen LogP contribution in [-0.4, -0.2) is 37.1 Å². The van der Waals surface area contributed by atoms with Crippen LogP contribution >= 0.6 is 0 Å². The second-order valence-electron chi connectivity index (χ2n) is 6.48. The first-order chi connectivity index (χ1) is 12.0. The quantitative estimate of drug-likeness (QED) is 0.928. The fourth-order valence-corrected chi connectivity index (χ4v) is 3.17. The predicted molar refractivity (Wildman–Crippen MR) is 98.3 cm³/mol. The lowest BCUT2D eigenvalue weighted by molar-refractivity contribution is 0.194. The maximum Gasteiger partial charge on any atom is 0.317 e. The van der Waals surface area contributed by atoms with Crippen molar-refractivity contribution in [1.82, 2.24) is 10.2 Å². The molecule has 1 aliphatic heterocycles. The molecule has 1 N–H and O–H groups in total. The van der Waals surface area contributed by atoms with Gasteiger partial charge in [-0.15, -0.1) is 0 Å². The topological polar surface area (TPSA) is 35.6 Å². The number of hydrogen-bond donors (Lipinski definition) is 1. The molecule has 0 spiro atoms. The molecule has 0 atom stereocenters. The largest absolute Gasteiger partial charge is 0.368 e. The van der Waals surface area contributed by atoms with Crippen molar-refractivity contribution in [2.24, 2.45) is 0 Å². The number of amides is 2. The van der Waals surface area contributed by atoms with E-state index in [0.29, 0.717) is 19.6 Å². The number of rotatable bonds is 3. The number of nitrogens with zero attached hydrogens (tertiary/aromatic N) is 2. The first kappa shape index (κ1) is 17.3. The molecule has 0 saturated carbocycles. The Kier molecular flexibility index (Phi) is 5.22. The number of anilines is 1. The van der Waals surface area contributed by atoms with Crippen LogP contribution in [0.25, 0.3) is 0 Å². The van der Waals surface area contributed by atoms with Gasteiger partial charge in [0, 0.05) is 38.4 Å². The standard InChI is InChI=1S/C20H24FN3O/c1-15-5-3-8-19(16(15)2)23-9-11-24(12-10-23)20(25)22-14-17-6-4-7-18(21)13-17/h3-8,13H,9-12,14H2,1-2H3,(H,22,25). The predicted octanol–water partition coefficient (Wildman–Crippen LogP) is 3.47. The summed E-state index contributed by atoms with van der Waals surface area (Å²) in [5.41, 5.74) is 4.60. The lowest BCUT2D eigenvalue weighted by Gasteiger charge is -2.37. The second-order valence-corrected chi connectivity index (χ2v) is 6.48. The summed E-state index contributed by atoms with van der Waals surface area (Å²) in [5, 5.41) is 2.87. The van der Waals surface area contributed by atoms with Crippen molar-refractivity contribution < 1.29 is 9.18 Å². The minimum Gasteiger partial charge on any atom is -0.368 e. The molecule has 0 bridgehead atoms. The van der Waals surface area contributed by atoms with Gasteiger partial charge in [-0.3, -0.25) is 0 Å². The van der Waals surface area contributed by atoms with Crippen LogP contribution in [0.4, 0.5) is 14.9 Å². The molecule has 0 aliphatic carbocycles. The van der Waals surface area contributed by atoms with E-state index in [4.69, 9.17) is 0 Å². The Bertz CT molecular complexity index is 754.